The van der Waals surface area contributed by atoms with Gasteiger partial charge in [0.05, 0.1) is 16.4 Å². The van der Waals surface area contributed by atoms with Crippen LogP contribution in [0.3, 0.4) is 0 Å². The van der Waals surface area contributed by atoms with Crippen molar-refractivity contribution in [3.05, 3.63) is 70.1 Å². The second-order valence-corrected chi connectivity index (χ2v) is 8.13. The Labute approximate surface area is 161 Å². The van der Waals surface area contributed by atoms with Crippen molar-refractivity contribution in [1.82, 2.24) is 14.9 Å². The molecule has 0 saturated carbocycles. The van der Waals surface area contributed by atoms with E-state index in [4.69, 9.17) is 4.52 Å². The Kier molecular flexibility index (Phi) is 5.52. The number of benzene rings is 2. The summed E-state index contributed by atoms with van der Waals surface area (Å²) >= 11 is 0. The number of nitro groups is 1. The van der Waals surface area contributed by atoms with E-state index in [1.165, 1.54) is 23.8 Å². The van der Waals surface area contributed by atoms with E-state index in [9.17, 15) is 18.5 Å². The zero-order chi connectivity index (χ0) is 20.3. The predicted molar refractivity (Wildman–Crippen MR) is 101 cm³/mol. The number of nitro benzene ring substituents is 1. The number of sulfonamides is 1. The minimum Gasteiger partial charge on any atom is -0.338 e. The molecule has 0 amide bonds. The molecule has 0 bridgehead atoms. The van der Waals surface area contributed by atoms with Crippen molar-refractivity contribution < 1.29 is 17.9 Å². The van der Waals surface area contributed by atoms with E-state index in [2.05, 4.69) is 28.7 Å². The molecule has 0 spiro atoms. The van der Waals surface area contributed by atoms with Gasteiger partial charge in [-0.15, -0.1) is 0 Å². The molecule has 1 aromatic heterocycles. The van der Waals surface area contributed by atoms with Crippen LogP contribution < -0.4 is 4.72 Å². The van der Waals surface area contributed by atoms with Crippen LogP contribution in [0, 0.1) is 10.1 Å². The summed E-state index contributed by atoms with van der Waals surface area (Å²) in [7, 11) is -3.97. The highest BCUT2D eigenvalue weighted by Crippen LogP contribution is 2.21. The van der Waals surface area contributed by atoms with Gasteiger partial charge in [0, 0.05) is 17.7 Å². The van der Waals surface area contributed by atoms with Crippen LogP contribution in [-0.2, 0) is 16.6 Å². The fourth-order valence-electron chi connectivity index (χ4n) is 2.47. The lowest BCUT2D eigenvalue weighted by atomic mass is 10.0. The lowest BCUT2D eigenvalue weighted by molar-refractivity contribution is -0.385. The summed E-state index contributed by atoms with van der Waals surface area (Å²) in [5.41, 5.74) is 1.62. The van der Waals surface area contributed by atoms with Crippen molar-refractivity contribution in [1.29, 1.82) is 0 Å². The van der Waals surface area contributed by atoms with Gasteiger partial charge in [0.2, 0.25) is 21.7 Å². The zero-order valence-corrected chi connectivity index (χ0v) is 16.0. The molecule has 0 aliphatic carbocycles. The van der Waals surface area contributed by atoms with Crippen LogP contribution in [0.15, 0.2) is 57.9 Å². The number of non-ortho nitro benzene ring substituents is 1. The fraction of sp³-hybridized carbons (Fsp3) is 0.222. The second kappa shape index (κ2) is 7.87. The SMILES string of the molecule is CC(C)c1ccc(-c2noc(CNS(=O)(=O)c3cccc([N+](=O)[O-])c3)n2)cc1. The first-order valence-corrected chi connectivity index (χ1v) is 9.91. The van der Waals surface area contributed by atoms with Gasteiger partial charge in [-0.3, -0.25) is 10.1 Å². The van der Waals surface area contributed by atoms with Gasteiger partial charge >= 0.3 is 0 Å². The lowest BCUT2D eigenvalue weighted by Gasteiger charge is -2.04. The standard InChI is InChI=1S/C18H18N4O5S/c1-12(2)13-6-8-14(9-7-13)18-20-17(27-21-18)11-19-28(25,26)16-5-3-4-15(10-16)22(23)24/h3-10,12,19H,11H2,1-2H3. The second-order valence-electron chi connectivity index (χ2n) is 6.37. The predicted octanol–water partition coefficient (Wildman–Crippen LogP) is 3.25. The highest BCUT2D eigenvalue weighted by Gasteiger charge is 2.19. The maximum Gasteiger partial charge on any atom is 0.270 e. The van der Waals surface area contributed by atoms with E-state index in [1.807, 2.05) is 24.3 Å². The molecule has 0 radical (unpaired) electrons. The number of rotatable bonds is 7. The largest absolute Gasteiger partial charge is 0.338 e. The average Bonchev–Trinajstić information content (AvgIpc) is 3.16. The van der Waals surface area contributed by atoms with Gasteiger partial charge in [-0.05, 0) is 17.5 Å². The summed E-state index contributed by atoms with van der Waals surface area (Å²) < 4.78 is 32.1. The Morgan fingerprint density at radius 3 is 2.54 bits per heavy atom. The number of nitrogens with zero attached hydrogens (tertiary/aromatic N) is 3. The third kappa shape index (κ3) is 4.41. The van der Waals surface area contributed by atoms with Gasteiger partial charge in [-0.2, -0.15) is 4.98 Å². The Bertz CT molecular complexity index is 1090. The van der Waals surface area contributed by atoms with Crippen LogP contribution in [0.25, 0.3) is 11.4 Å². The summed E-state index contributed by atoms with van der Waals surface area (Å²) in [6.07, 6.45) is 0. The summed E-state index contributed by atoms with van der Waals surface area (Å²) in [5, 5.41) is 14.7. The van der Waals surface area contributed by atoms with Crippen molar-refractivity contribution in [2.24, 2.45) is 0 Å². The monoisotopic (exact) mass is 402 g/mol. The van der Waals surface area contributed by atoms with Crippen LogP contribution >= 0.6 is 0 Å². The topological polar surface area (TPSA) is 128 Å². The van der Waals surface area contributed by atoms with Crippen LogP contribution in [0.5, 0.6) is 0 Å². The van der Waals surface area contributed by atoms with Crippen LogP contribution in [0.1, 0.15) is 31.2 Å². The van der Waals surface area contributed by atoms with Crippen molar-refractivity contribution in [2.75, 3.05) is 0 Å². The molecule has 0 saturated heterocycles. The highest BCUT2D eigenvalue weighted by atomic mass is 32.2. The molecular formula is C18H18N4O5S. The Morgan fingerprint density at radius 1 is 1.18 bits per heavy atom. The number of nitrogens with one attached hydrogen (secondary N) is 1. The van der Waals surface area contributed by atoms with Crippen molar-refractivity contribution in [3.8, 4) is 11.4 Å². The van der Waals surface area contributed by atoms with Crippen molar-refractivity contribution in [2.45, 2.75) is 31.2 Å². The summed E-state index contributed by atoms with van der Waals surface area (Å²) in [5.74, 6) is 0.829. The van der Waals surface area contributed by atoms with Gasteiger partial charge in [-0.1, -0.05) is 49.3 Å². The quantitative estimate of drug-likeness (QED) is 0.474. The number of hydrogen-bond donors (Lipinski definition) is 1. The Balaban J connectivity index is 1.71. The Hall–Kier alpha value is -3.11. The molecule has 0 aliphatic heterocycles. The smallest absolute Gasteiger partial charge is 0.270 e. The molecule has 9 nitrogen and oxygen atoms in total. The maximum absolute atomic E-state index is 12.3. The highest BCUT2D eigenvalue weighted by molar-refractivity contribution is 7.89. The minimum atomic E-state index is -3.97. The molecule has 0 unspecified atom stereocenters. The van der Waals surface area contributed by atoms with Crippen LogP contribution in [0.2, 0.25) is 0 Å². The zero-order valence-electron chi connectivity index (χ0n) is 15.2. The molecule has 1 N–H and O–H groups in total. The Morgan fingerprint density at radius 2 is 1.89 bits per heavy atom. The van der Waals surface area contributed by atoms with E-state index >= 15 is 0 Å². The summed E-state index contributed by atoms with van der Waals surface area (Å²) in [6.45, 7) is 3.95. The van der Waals surface area contributed by atoms with Gasteiger partial charge in [0.15, 0.2) is 0 Å². The third-order valence-corrected chi connectivity index (χ3v) is 5.45. The molecule has 28 heavy (non-hydrogen) atoms. The molecule has 3 rings (SSSR count). The molecule has 0 fully saturated rings. The summed E-state index contributed by atoms with van der Waals surface area (Å²) in [4.78, 5) is 14.1. The normalized spacial score (nSPS) is 11.7. The van der Waals surface area contributed by atoms with Crippen molar-refractivity contribution in [3.63, 3.8) is 0 Å². The summed E-state index contributed by atoms with van der Waals surface area (Å²) in [6, 6.07) is 12.5. The van der Waals surface area contributed by atoms with E-state index in [-0.39, 0.29) is 23.0 Å². The van der Waals surface area contributed by atoms with E-state index in [1.54, 1.807) is 0 Å². The van der Waals surface area contributed by atoms with Gasteiger partial charge < -0.3 is 4.52 Å². The molecule has 0 aliphatic rings. The van der Waals surface area contributed by atoms with Crippen LogP contribution in [-0.4, -0.2) is 23.5 Å². The van der Waals surface area contributed by atoms with Gasteiger partial charge in [0.25, 0.3) is 5.69 Å². The molecule has 1 heterocycles. The van der Waals surface area contributed by atoms with E-state index < -0.39 is 14.9 Å². The molecule has 0 atom stereocenters. The average molecular weight is 402 g/mol. The third-order valence-electron chi connectivity index (χ3n) is 4.06. The lowest BCUT2D eigenvalue weighted by Crippen LogP contribution is -2.23. The first-order chi connectivity index (χ1) is 13.3. The number of aromatic nitrogens is 2. The first-order valence-electron chi connectivity index (χ1n) is 8.43. The van der Waals surface area contributed by atoms with Crippen LogP contribution in [0.4, 0.5) is 5.69 Å². The van der Waals surface area contributed by atoms with Gasteiger partial charge in [0.1, 0.15) is 0 Å². The van der Waals surface area contributed by atoms with Crippen molar-refractivity contribution >= 4 is 15.7 Å². The number of hydrogen-bond acceptors (Lipinski definition) is 7. The van der Waals surface area contributed by atoms with Gasteiger partial charge in [-0.25, -0.2) is 13.1 Å². The minimum absolute atomic E-state index is 0.0805. The molecule has 10 heteroatoms. The molecule has 2 aromatic carbocycles. The van der Waals surface area contributed by atoms with E-state index in [0.717, 1.165) is 11.6 Å². The fourth-order valence-corrected chi connectivity index (χ4v) is 3.48. The molecular weight excluding hydrogens is 384 g/mol. The molecule has 3 aromatic rings. The van der Waals surface area contributed by atoms with E-state index in [0.29, 0.717) is 11.7 Å². The molecule has 146 valence electrons. The first kappa shape index (κ1) is 19.6. The maximum atomic E-state index is 12.3.